The molecule has 25 heavy (non-hydrogen) atoms. The molecule has 0 aliphatic carbocycles. The number of aryl methyl sites for hydroxylation is 1. The summed E-state index contributed by atoms with van der Waals surface area (Å²) in [6.45, 7) is 7.99. The molecule has 1 aromatic carbocycles. The summed E-state index contributed by atoms with van der Waals surface area (Å²) in [4.78, 5) is 20.9. The lowest BCUT2D eigenvalue weighted by atomic mass is 10.2. The quantitative estimate of drug-likeness (QED) is 0.907. The van der Waals surface area contributed by atoms with E-state index in [4.69, 9.17) is 0 Å². The first-order valence-corrected chi connectivity index (χ1v) is 8.98. The van der Waals surface area contributed by atoms with Crippen LogP contribution in [0.25, 0.3) is 0 Å². The Morgan fingerprint density at radius 1 is 1.12 bits per heavy atom. The Morgan fingerprint density at radius 2 is 1.88 bits per heavy atom. The summed E-state index contributed by atoms with van der Waals surface area (Å²) in [5, 5.41) is 2.88. The standard InChI is InChI=1S/C20H26N4O/c1-3-5-20(25)22-17-8-9-19(21-15-17)24-12-10-23(11-13-24)18-7-4-6-16(2)14-18/h4,6-9,14-15H,3,5,10-13H2,1-2H3,(H,22,25). The Kier molecular flexibility index (Phi) is 5.53. The molecule has 1 saturated heterocycles. The van der Waals surface area contributed by atoms with Gasteiger partial charge < -0.3 is 15.1 Å². The fourth-order valence-corrected chi connectivity index (χ4v) is 3.12. The summed E-state index contributed by atoms with van der Waals surface area (Å²) in [5.41, 5.74) is 3.35. The minimum absolute atomic E-state index is 0.0452. The summed E-state index contributed by atoms with van der Waals surface area (Å²) < 4.78 is 0. The van der Waals surface area contributed by atoms with Crippen molar-refractivity contribution in [2.24, 2.45) is 0 Å². The van der Waals surface area contributed by atoms with Gasteiger partial charge in [0, 0.05) is 38.3 Å². The van der Waals surface area contributed by atoms with E-state index < -0.39 is 0 Å². The minimum atomic E-state index is 0.0452. The number of anilines is 3. The molecule has 5 heteroatoms. The molecule has 5 nitrogen and oxygen atoms in total. The van der Waals surface area contributed by atoms with Crippen LogP contribution in [0.1, 0.15) is 25.3 Å². The van der Waals surface area contributed by atoms with Crippen LogP contribution in [0.2, 0.25) is 0 Å². The van der Waals surface area contributed by atoms with Crippen LogP contribution >= 0.6 is 0 Å². The predicted octanol–water partition coefficient (Wildman–Crippen LogP) is 3.46. The first kappa shape index (κ1) is 17.3. The van der Waals surface area contributed by atoms with Gasteiger partial charge in [0.25, 0.3) is 0 Å². The third-order valence-corrected chi connectivity index (χ3v) is 4.48. The molecule has 2 heterocycles. The van der Waals surface area contributed by atoms with Gasteiger partial charge in [-0.15, -0.1) is 0 Å². The Bertz CT molecular complexity index is 706. The SMILES string of the molecule is CCCC(=O)Nc1ccc(N2CCN(c3cccc(C)c3)CC2)nc1. The van der Waals surface area contributed by atoms with Crippen molar-refractivity contribution in [3.8, 4) is 0 Å². The fourth-order valence-electron chi connectivity index (χ4n) is 3.12. The summed E-state index contributed by atoms with van der Waals surface area (Å²) in [7, 11) is 0. The largest absolute Gasteiger partial charge is 0.368 e. The van der Waals surface area contributed by atoms with E-state index in [1.165, 1.54) is 11.3 Å². The Morgan fingerprint density at radius 3 is 2.52 bits per heavy atom. The lowest BCUT2D eigenvalue weighted by molar-refractivity contribution is -0.116. The number of benzene rings is 1. The predicted molar refractivity (Wildman–Crippen MR) is 103 cm³/mol. The van der Waals surface area contributed by atoms with Gasteiger partial charge in [-0.2, -0.15) is 0 Å². The van der Waals surface area contributed by atoms with E-state index in [-0.39, 0.29) is 5.91 Å². The van der Waals surface area contributed by atoms with Crippen molar-refractivity contribution in [1.29, 1.82) is 0 Å². The van der Waals surface area contributed by atoms with Gasteiger partial charge >= 0.3 is 0 Å². The third-order valence-electron chi connectivity index (χ3n) is 4.48. The van der Waals surface area contributed by atoms with E-state index in [1.54, 1.807) is 6.20 Å². The second kappa shape index (κ2) is 8.01. The van der Waals surface area contributed by atoms with Gasteiger partial charge in [0.2, 0.25) is 5.91 Å². The van der Waals surface area contributed by atoms with Gasteiger partial charge in [0.15, 0.2) is 0 Å². The lowest BCUT2D eigenvalue weighted by Crippen LogP contribution is -2.46. The Balaban J connectivity index is 1.56. The molecule has 1 N–H and O–H groups in total. The first-order valence-electron chi connectivity index (χ1n) is 8.98. The van der Waals surface area contributed by atoms with Crippen molar-refractivity contribution < 1.29 is 4.79 Å². The van der Waals surface area contributed by atoms with Crippen molar-refractivity contribution in [3.05, 3.63) is 48.2 Å². The normalized spacial score (nSPS) is 14.5. The topological polar surface area (TPSA) is 48.5 Å². The van der Waals surface area contributed by atoms with Crippen LogP contribution in [0.4, 0.5) is 17.2 Å². The molecule has 0 saturated carbocycles. The highest BCUT2D eigenvalue weighted by Crippen LogP contribution is 2.21. The van der Waals surface area contributed by atoms with Gasteiger partial charge in [0.1, 0.15) is 5.82 Å². The summed E-state index contributed by atoms with van der Waals surface area (Å²) in [6.07, 6.45) is 3.14. The van der Waals surface area contributed by atoms with Crippen LogP contribution in [0.3, 0.4) is 0 Å². The van der Waals surface area contributed by atoms with Crippen molar-refractivity contribution in [1.82, 2.24) is 4.98 Å². The molecule has 1 fully saturated rings. The number of nitrogens with zero attached hydrogens (tertiary/aromatic N) is 3. The summed E-state index contributed by atoms with van der Waals surface area (Å²) in [5.74, 6) is 1.02. The minimum Gasteiger partial charge on any atom is -0.368 e. The molecule has 0 bridgehead atoms. The molecule has 0 unspecified atom stereocenters. The van der Waals surface area contributed by atoms with Gasteiger partial charge in [0.05, 0.1) is 11.9 Å². The van der Waals surface area contributed by atoms with Gasteiger partial charge in [-0.1, -0.05) is 19.1 Å². The van der Waals surface area contributed by atoms with E-state index in [1.807, 2.05) is 19.1 Å². The molecule has 1 aromatic heterocycles. The van der Waals surface area contributed by atoms with Crippen molar-refractivity contribution in [2.45, 2.75) is 26.7 Å². The number of rotatable bonds is 5. The summed E-state index contributed by atoms with van der Waals surface area (Å²) >= 11 is 0. The zero-order valence-electron chi connectivity index (χ0n) is 15.0. The number of aromatic nitrogens is 1. The van der Waals surface area contributed by atoms with Crippen LogP contribution < -0.4 is 15.1 Å². The molecule has 0 atom stereocenters. The lowest BCUT2D eigenvalue weighted by Gasteiger charge is -2.36. The molecular weight excluding hydrogens is 312 g/mol. The third kappa shape index (κ3) is 4.50. The zero-order chi connectivity index (χ0) is 17.6. The average molecular weight is 338 g/mol. The summed E-state index contributed by atoms with van der Waals surface area (Å²) in [6, 6.07) is 12.6. The molecule has 1 amide bonds. The first-order chi connectivity index (χ1) is 12.2. The number of hydrogen-bond donors (Lipinski definition) is 1. The number of nitrogens with one attached hydrogen (secondary N) is 1. The molecule has 3 rings (SSSR count). The Labute approximate surface area is 149 Å². The van der Waals surface area contributed by atoms with E-state index in [9.17, 15) is 4.79 Å². The molecule has 2 aromatic rings. The maximum Gasteiger partial charge on any atom is 0.224 e. The van der Waals surface area contributed by atoms with Crippen molar-refractivity contribution >= 4 is 23.1 Å². The highest BCUT2D eigenvalue weighted by Gasteiger charge is 2.18. The fraction of sp³-hybridized carbons (Fsp3) is 0.400. The molecule has 1 aliphatic rings. The van der Waals surface area contributed by atoms with Gasteiger partial charge in [-0.05, 0) is 43.2 Å². The highest BCUT2D eigenvalue weighted by atomic mass is 16.1. The highest BCUT2D eigenvalue weighted by molar-refractivity contribution is 5.90. The molecule has 1 aliphatic heterocycles. The number of carbonyl (C=O) groups is 1. The second-order valence-corrected chi connectivity index (χ2v) is 6.52. The van der Waals surface area contributed by atoms with E-state index in [0.29, 0.717) is 6.42 Å². The Hall–Kier alpha value is -2.56. The van der Waals surface area contributed by atoms with E-state index in [0.717, 1.165) is 44.1 Å². The van der Waals surface area contributed by atoms with E-state index >= 15 is 0 Å². The van der Waals surface area contributed by atoms with Crippen molar-refractivity contribution in [2.75, 3.05) is 41.3 Å². The van der Waals surface area contributed by atoms with Crippen LogP contribution in [-0.2, 0) is 4.79 Å². The molecule has 0 radical (unpaired) electrons. The maximum absolute atomic E-state index is 11.6. The maximum atomic E-state index is 11.6. The van der Waals surface area contributed by atoms with Crippen molar-refractivity contribution in [3.63, 3.8) is 0 Å². The zero-order valence-corrected chi connectivity index (χ0v) is 15.0. The number of hydrogen-bond acceptors (Lipinski definition) is 4. The number of pyridine rings is 1. The number of carbonyl (C=O) groups excluding carboxylic acids is 1. The monoisotopic (exact) mass is 338 g/mol. The number of piperazine rings is 1. The van der Waals surface area contributed by atoms with Gasteiger partial charge in [-0.25, -0.2) is 4.98 Å². The molecule has 0 spiro atoms. The van der Waals surface area contributed by atoms with Gasteiger partial charge in [-0.3, -0.25) is 4.79 Å². The number of amides is 1. The molecular formula is C20H26N4O. The molecule has 132 valence electrons. The van der Waals surface area contributed by atoms with Crippen LogP contribution in [0.15, 0.2) is 42.6 Å². The smallest absolute Gasteiger partial charge is 0.224 e. The average Bonchev–Trinajstić information content (AvgIpc) is 2.63. The van der Waals surface area contributed by atoms with Crippen LogP contribution in [0, 0.1) is 6.92 Å². The van der Waals surface area contributed by atoms with Crippen LogP contribution in [0.5, 0.6) is 0 Å². The van der Waals surface area contributed by atoms with E-state index in [2.05, 4.69) is 51.3 Å². The van der Waals surface area contributed by atoms with Crippen LogP contribution in [-0.4, -0.2) is 37.1 Å². The second-order valence-electron chi connectivity index (χ2n) is 6.52.